The molecule has 2 atom stereocenters. The first kappa shape index (κ1) is 64.3. The summed E-state index contributed by atoms with van der Waals surface area (Å²) >= 11 is 0. The third-order valence-electron chi connectivity index (χ3n) is 11.8. The largest absolute Gasteiger partial charge is 0.394 e. The fraction of sp³-hybridized carbons (Fsp3) is 0.609. The van der Waals surface area contributed by atoms with Gasteiger partial charge in [-0.3, -0.25) is 4.79 Å². The third kappa shape index (κ3) is 53.2. The van der Waals surface area contributed by atoms with Crippen LogP contribution in [0, 0.1) is 0 Å². The number of nitrogens with one attached hydrogen (secondary N) is 1. The molecular weight excluding hydrogens is 831 g/mol. The van der Waals surface area contributed by atoms with Crippen molar-refractivity contribution in [1.82, 2.24) is 5.32 Å². The average molecular weight is 937 g/mol. The van der Waals surface area contributed by atoms with Crippen molar-refractivity contribution in [3.63, 3.8) is 0 Å². The van der Waals surface area contributed by atoms with E-state index in [1.807, 2.05) is 6.08 Å². The predicted molar refractivity (Wildman–Crippen MR) is 303 cm³/mol. The molecular formula is C64H105NO3. The van der Waals surface area contributed by atoms with Crippen LogP contribution >= 0.6 is 0 Å². The van der Waals surface area contributed by atoms with Crippen LogP contribution in [0.1, 0.15) is 232 Å². The van der Waals surface area contributed by atoms with Crippen LogP contribution in [0.5, 0.6) is 0 Å². The lowest BCUT2D eigenvalue weighted by Gasteiger charge is -2.19. The molecule has 0 aliphatic heterocycles. The van der Waals surface area contributed by atoms with Gasteiger partial charge in [0.1, 0.15) is 0 Å². The number of hydrogen-bond acceptors (Lipinski definition) is 3. The lowest BCUT2D eigenvalue weighted by atomic mass is 10.1. The minimum absolute atomic E-state index is 0.0884. The second-order valence-electron chi connectivity index (χ2n) is 18.3. The molecule has 0 radical (unpaired) electrons. The zero-order chi connectivity index (χ0) is 49.2. The molecule has 0 bridgehead atoms. The Morgan fingerprint density at radius 3 is 1.03 bits per heavy atom. The predicted octanol–water partition coefficient (Wildman–Crippen LogP) is 18.8. The molecule has 0 saturated carbocycles. The third-order valence-corrected chi connectivity index (χ3v) is 11.8. The molecule has 0 aromatic rings. The van der Waals surface area contributed by atoms with Gasteiger partial charge >= 0.3 is 0 Å². The first-order valence-electron chi connectivity index (χ1n) is 28.0. The quantitative estimate of drug-likeness (QED) is 0.0420. The van der Waals surface area contributed by atoms with Crippen LogP contribution < -0.4 is 5.32 Å². The molecule has 0 rings (SSSR count). The first-order chi connectivity index (χ1) is 33.7. The maximum absolute atomic E-state index is 12.5. The fourth-order valence-corrected chi connectivity index (χ4v) is 7.57. The van der Waals surface area contributed by atoms with Crippen molar-refractivity contribution in [2.75, 3.05) is 6.61 Å². The number of aliphatic hydroxyl groups is 2. The molecule has 0 aliphatic rings. The van der Waals surface area contributed by atoms with E-state index in [0.717, 1.165) is 109 Å². The van der Waals surface area contributed by atoms with Crippen LogP contribution in [0.3, 0.4) is 0 Å². The van der Waals surface area contributed by atoms with Crippen LogP contribution in [0.2, 0.25) is 0 Å². The van der Waals surface area contributed by atoms with E-state index in [1.54, 1.807) is 6.08 Å². The normalized spacial score (nSPS) is 14.0. The second-order valence-corrected chi connectivity index (χ2v) is 18.3. The minimum Gasteiger partial charge on any atom is -0.394 e. The Morgan fingerprint density at radius 1 is 0.368 bits per heavy atom. The molecule has 4 heteroatoms. The standard InChI is InChI=1S/C64H105NO3/c1-3-5-7-9-11-13-15-17-19-21-22-23-24-25-26-27-28-29-30-31-32-33-34-35-36-37-38-39-40-41-42-44-46-48-50-52-54-56-58-60-64(68)65-62(61-66)63(67)59-57-55-53-51-49-47-45-43-20-18-16-14-12-10-8-6-4-2/h5,7,11,13,17,19,22-23,25-26,28-29,31-32,34-35,37-38,40-41,49,51,57,59,62-63,66-67H,3-4,6,8-10,12,14-16,18,20-21,24,27,30,33,36,39,42-48,50,52-56,58,60-61H2,1-2H3,(H,65,68)/b7-5-,13-11-,19-17-,23-22-,26-25-,29-28-,32-31-,35-34-,38-37-,41-40-,51-49+,59-57+. The Labute approximate surface area is 421 Å². The zero-order valence-corrected chi connectivity index (χ0v) is 44.1. The molecule has 3 N–H and O–H groups in total. The van der Waals surface area contributed by atoms with Crippen molar-refractivity contribution in [3.05, 3.63) is 146 Å². The van der Waals surface area contributed by atoms with Crippen molar-refractivity contribution in [3.8, 4) is 0 Å². The van der Waals surface area contributed by atoms with Gasteiger partial charge in [0.15, 0.2) is 0 Å². The van der Waals surface area contributed by atoms with Gasteiger partial charge in [-0.25, -0.2) is 0 Å². The lowest BCUT2D eigenvalue weighted by Crippen LogP contribution is -2.45. The molecule has 0 aliphatic carbocycles. The minimum atomic E-state index is -0.876. The van der Waals surface area contributed by atoms with E-state index < -0.39 is 12.1 Å². The summed E-state index contributed by atoms with van der Waals surface area (Å²) in [5, 5.41) is 23.1. The number of allylic oxidation sites excluding steroid dienone is 23. The van der Waals surface area contributed by atoms with Crippen LogP contribution in [0.25, 0.3) is 0 Å². The summed E-state index contributed by atoms with van der Waals surface area (Å²) in [6.45, 7) is 4.17. The molecule has 68 heavy (non-hydrogen) atoms. The second kappa shape index (κ2) is 57.6. The molecule has 0 heterocycles. The number of carbonyl (C=O) groups is 1. The van der Waals surface area contributed by atoms with Crippen molar-refractivity contribution in [1.29, 1.82) is 0 Å². The Balaban J connectivity index is 3.67. The number of carbonyl (C=O) groups excluding carboxylic acids is 1. The Kier molecular flexibility index (Phi) is 54.4. The Hall–Kier alpha value is -3.73. The molecule has 4 nitrogen and oxygen atoms in total. The lowest BCUT2D eigenvalue weighted by molar-refractivity contribution is -0.123. The highest BCUT2D eigenvalue weighted by Gasteiger charge is 2.17. The van der Waals surface area contributed by atoms with Crippen molar-refractivity contribution in [2.45, 2.75) is 244 Å². The summed E-state index contributed by atoms with van der Waals surface area (Å²) in [5.41, 5.74) is 0. The van der Waals surface area contributed by atoms with Crippen molar-refractivity contribution in [2.24, 2.45) is 0 Å². The zero-order valence-electron chi connectivity index (χ0n) is 44.1. The van der Waals surface area contributed by atoms with Gasteiger partial charge in [-0.1, -0.05) is 262 Å². The summed E-state index contributed by atoms with van der Waals surface area (Å²) < 4.78 is 0. The molecule has 0 aromatic heterocycles. The van der Waals surface area contributed by atoms with Gasteiger partial charge in [-0.15, -0.1) is 0 Å². The van der Waals surface area contributed by atoms with Crippen molar-refractivity contribution >= 4 is 5.91 Å². The van der Waals surface area contributed by atoms with Crippen LogP contribution in [-0.4, -0.2) is 34.9 Å². The van der Waals surface area contributed by atoms with Gasteiger partial charge in [-0.2, -0.15) is 0 Å². The van der Waals surface area contributed by atoms with Crippen molar-refractivity contribution < 1.29 is 15.0 Å². The fourth-order valence-electron chi connectivity index (χ4n) is 7.57. The van der Waals surface area contributed by atoms with Gasteiger partial charge < -0.3 is 15.5 Å². The van der Waals surface area contributed by atoms with Gasteiger partial charge in [0.2, 0.25) is 5.91 Å². The number of amides is 1. The molecule has 384 valence electrons. The van der Waals surface area contributed by atoms with Crippen LogP contribution in [-0.2, 0) is 4.79 Å². The summed E-state index contributed by atoms with van der Waals surface area (Å²) in [5.74, 6) is -0.0884. The number of rotatable bonds is 49. The maximum Gasteiger partial charge on any atom is 0.220 e. The van der Waals surface area contributed by atoms with E-state index in [0.29, 0.717) is 6.42 Å². The number of unbranched alkanes of at least 4 members (excludes halogenated alkanes) is 20. The van der Waals surface area contributed by atoms with Crippen LogP contribution in [0.15, 0.2) is 146 Å². The van der Waals surface area contributed by atoms with Crippen LogP contribution in [0.4, 0.5) is 0 Å². The summed E-state index contributed by atoms with van der Waals surface area (Å²) in [7, 11) is 0. The Bertz CT molecular complexity index is 1430. The van der Waals surface area contributed by atoms with E-state index in [9.17, 15) is 15.0 Å². The van der Waals surface area contributed by atoms with E-state index in [1.165, 1.54) is 103 Å². The highest BCUT2D eigenvalue weighted by atomic mass is 16.3. The van der Waals surface area contributed by atoms with Gasteiger partial charge in [0, 0.05) is 6.42 Å². The number of aliphatic hydroxyl groups excluding tert-OH is 2. The van der Waals surface area contributed by atoms with Gasteiger partial charge in [-0.05, 0) is 109 Å². The number of hydrogen-bond donors (Lipinski definition) is 3. The van der Waals surface area contributed by atoms with E-state index in [4.69, 9.17) is 0 Å². The smallest absolute Gasteiger partial charge is 0.220 e. The molecule has 0 saturated heterocycles. The molecule has 0 fully saturated rings. The van der Waals surface area contributed by atoms with Gasteiger partial charge in [0.05, 0.1) is 18.8 Å². The molecule has 1 amide bonds. The SMILES string of the molecule is CC/C=C\C/C=C\C/C=C\C/C=C\C/C=C\C/C=C\C/C=C\C/C=C\C/C=C\C/C=C\CCCCCCCCCCC(=O)NC(CO)C(O)/C=C/CC/C=C/CCCCCCCCCCCCC. The molecule has 2 unspecified atom stereocenters. The maximum atomic E-state index is 12.5. The highest BCUT2D eigenvalue weighted by molar-refractivity contribution is 5.76. The molecule has 0 aromatic carbocycles. The topological polar surface area (TPSA) is 69.6 Å². The van der Waals surface area contributed by atoms with E-state index in [2.05, 4.69) is 153 Å². The highest BCUT2D eigenvalue weighted by Crippen LogP contribution is 2.14. The first-order valence-corrected chi connectivity index (χ1v) is 28.0. The Morgan fingerprint density at radius 2 is 0.662 bits per heavy atom. The monoisotopic (exact) mass is 936 g/mol. The van der Waals surface area contributed by atoms with Gasteiger partial charge in [0.25, 0.3) is 0 Å². The summed E-state index contributed by atoms with van der Waals surface area (Å²) in [6, 6.07) is -0.654. The van der Waals surface area contributed by atoms with E-state index >= 15 is 0 Å². The van der Waals surface area contributed by atoms with E-state index in [-0.39, 0.29) is 12.5 Å². The summed E-state index contributed by atoms with van der Waals surface area (Å²) in [4.78, 5) is 12.5. The average Bonchev–Trinajstić information content (AvgIpc) is 3.34. The summed E-state index contributed by atoms with van der Waals surface area (Å²) in [6.07, 6.45) is 91.4. The molecule has 0 spiro atoms.